The molecule has 0 spiro atoms. The molecule has 0 aliphatic carbocycles. The van der Waals surface area contributed by atoms with Gasteiger partial charge in [0, 0.05) is 6.08 Å². The van der Waals surface area contributed by atoms with E-state index in [1.807, 2.05) is 5.32 Å². The van der Waals surface area contributed by atoms with Gasteiger partial charge >= 0.3 is 12.0 Å². The molecule has 29 heavy (non-hydrogen) atoms. The summed E-state index contributed by atoms with van der Waals surface area (Å²) in [5.41, 5.74) is 0.639. The number of esters is 1. The van der Waals surface area contributed by atoms with Crippen molar-refractivity contribution in [2.45, 2.75) is 0 Å². The van der Waals surface area contributed by atoms with Gasteiger partial charge in [0.05, 0.1) is 5.69 Å². The number of carbonyl (C=O) groups excluding carboxylic acids is 3. The fourth-order valence-corrected chi connectivity index (χ4v) is 2.06. The first kappa shape index (κ1) is 21.4. The van der Waals surface area contributed by atoms with E-state index in [9.17, 15) is 18.8 Å². The van der Waals surface area contributed by atoms with E-state index in [1.54, 1.807) is 30.3 Å². The zero-order valence-corrected chi connectivity index (χ0v) is 15.4. The van der Waals surface area contributed by atoms with Crippen molar-refractivity contribution in [2.24, 2.45) is 0 Å². The molecule has 150 valence electrons. The maximum absolute atomic E-state index is 13.4. The smallest absolute Gasteiger partial charge is 0.331 e. The van der Waals surface area contributed by atoms with Crippen molar-refractivity contribution in [1.82, 2.24) is 5.32 Å². The van der Waals surface area contributed by atoms with Crippen LogP contribution in [0.1, 0.15) is 5.56 Å². The first-order valence-corrected chi connectivity index (χ1v) is 8.52. The van der Waals surface area contributed by atoms with Gasteiger partial charge in [0.15, 0.2) is 6.61 Å². The number of hydrogen-bond acceptors (Lipinski definition) is 5. The third kappa shape index (κ3) is 7.67. The summed E-state index contributed by atoms with van der Waals surface area (Å²) in [5, 5.41) is 4.11. The van der Waals surface area contributed by atoms with Crippen molar-refractivity contribution in [3.8, 4) is 5.75 Å². The summed E-state index contributed by atoms with van der Waals surface area (Å²) in [6, 6.07) is 11.5. The van der Waals surface area contributed by atoms with Gasteiger partial charge in [0.1, 0.15) is 18.2 Å². The quantitative estimate of drug-likeness (QED) is 0.404. The molecule has 0 aliphatic rings. The normalized spacial score (nSPS) is 10.2. The lowest BCUT2D eigenvalue weighted by atomic mass is 10.2. The van der Waals surface area contributed by atoms with Crippen LogP contribution in [0.25, 0.3) is 6.08 Å². The lowest BCUT2D eigenvalue weighted by molar-refractivity contribution is -0.143. The molecule has 0 heterocycles. The van der Waals surface area contributed by atoms with Gasteiger partial charge in [-0.25, -0.2) is 14.0 Å². The molecule has 0 fully saturated rings. The van der Waals surface area contributed by atoms with Crippen molar-refractivity contribution >= 4 is 29.7 Å². The number of hydrogen-bond donors (Lipinski definition) is 2. The van der Waals surface area contributed by atoms with Gasteiger partial charge in [-0.15, -0.1) is 0 Å². The Kier molecular flexibility index (Phi) is 8.12. The molecule has 0 aromatic heterocycles. The maximum Gasteiger partial charge on any atom is 0.331 e. The van der Waals surface area contributed by atoms with Gasteiger partial charge in [0.25, 0.3) is 5.91 Å². The highest BCUT2D eigenvalue weighted by Gasteiger charge is 2.11. The Hall–Kier alpha value is -3.94. The number of imide groups is 1. The predicted molar refractivity (Wildman–Crippen MR) is 106 cm³/mol. The summed E-state index contributed by atoms with van der Waals surface area (Å²) in [7, 11) is 0. The Morgan fingerprint density at radius 3 is 2.48 bits per heavy atom. The van der Waals surface area contributed by atoms with E-state index in [4.69, 9.17) is 9.47 Å². The van der Waals surface area contributed by atoms with Gasteiger partial charge in [0.2, 0.25) is 0 Å². The average Bonchev–Trinajstić information content (AvgIpc) is 2.71. The summed E-state index contributed by atoms with van der Waals surface area (Å²) in [4.78, 5) is 35.0. The molecule has 0 aliphatic heterocycles. The Bertz CT molecular complexity index is 910. The Morgan fingerprint density at radius 2 is 1.79 bits per heavy atom. The van der Waals surface area contributed by atoms with E-state index >= 15 is 0 Å². The van der Waals surface area contributed by atoms with Gasteiger partial charge < -0.3 is 14.8 Å². The second-order valence-electron chi connectivity index (χ2n) is 5.59. The summed E-state index contributed by atoms with van der Waals surface area (Å²) >= 11 is 0. The van der Waals surface area contributed by atoms with Crippen molar-refractivity contribution < 1.29 is 28.2 Å². The number of rotatable bonds is 8. The topological polar surface area (TPSA) is 93.7 Å². The van der Waals surface area contributed by atoms with Crippen molar-refractivity contribution in [3.05, 3.63) is 78.6 Å². The van der Waals surface area contributed by atoms with Crippen LogP contribution >= 0.6 is 0 Å². The van der Waals surface area contributed by atoms with Crippen LogP contribution in [0.15, 0.2) is 67.3 Å². The first-order chi connectivity index (χ1) is 14.0. The van der Waals surface area contributed by atoms with Crippen molar-refractivity contribution in [3.63, 3.8) is 0 Å². The zero-order valence-electron chi connectivity index (χ0n) is 15.4. The Morgan fingerprint density at radius 1 is 1.07 bits per heavy atom. The molecule has 0 atom stereocenters. The van der Waals surface area contributed by atoms with E-state index < -0.39 is 30.3 Å². The van der Waals surface area contributed by atoms with E-state index in [0.29, 0.717) is 12.4 Å². The highest BCUT2D eigenvalue weighted by molar-refractivity contribution is 6.02. The number of urea groups is 1. The monoisotopic (exact) mass is 398 g/mol. The minimum Gasteiger partial charge on any atom is -0.490 e. The first-order valence-electron chi connectivity index (χ1n) is 8.52. The molecule has 0 unspecified atom stereocenters. The second-order valence-corrected chi connectivity index (χ2v) is 5.59. The lowest BCUT2D eigenvalue weighted by Crippen LogP contribution is -2.37. The highest BCUT2D eigenvalue weighted by Crippen LogP contribution is 2.13. The lowest BCUT2D eigenvalue weighted by Gasteiger charge is -2.07. The Labute approximate surface area is 166 Å². The van der Waals surface area contributed by atoms with Crippen molar-refractivity contribution in [2.75, 3.05) is 18.5 Å². The molecule has 2 N–H and O–H groups in total. The summed E-state index contributed by atoms with van der Waals surface area (Å²) in [5.74, 6) is -1.60. The van der Waals surface area contributed by atoms with Crippen LogP contribution in [0.3, 0.4) is 0 Å². The molecule has 7 nitrogen and oxygen atoms in total. The molecule has 8 heteroatoms. The largest absolute Gasteiger partial charge is 0.490 e. The fourth-order valence-electron chi connectivity index (χ4n) is 2.06. The van der Waals surface area contributed by atoms with Crippen LogP contribution in [0.5, 0.6) is 5.75 Å². The fraction of sp³-hybridized carbons (Fsp3) is 0.0952. The SMILES string of the molecule is C=CCOc1ccc(C=CC(=O)OCC(=O)NC(=O)Nc2ccccc2F)cc1. The zero-order chi connectivity index (χ0) is 21.1. The standard InChI is InChI=1S/C21H19FN2O5/c1-2-13-28-16-10-7-15(8-11-16)9-12-20(26)29-14-19(25)24-21(27)23-18-6-4-3-5-17(18)22/h2-12H,1,13-14H2,(H2,23,24,25,27). The molecule has 0 saturated heterocycles. The van der Waals surface area contributed by atoms with Crippen LogP contribution < -0.4 is 15.4 Å². The molecule has 0 bridgehead atoms. The van der Waals surface area contributed by atoms with Crippen molar-refractivity contribution in [1.29, 1.82) is 0 Å². The summed E-state index contributed by atoms with van der Waals surface area (Å²) in [6.45, 7) is 3.28. The van der Waals surface area contributed by atoms with Crippen LogP contribution in [0, 0.1) is 5.82 Å². The predicted octanol–water partition coefficient (Wildman–Crippen LogP) is 3.30. The molecule has 2 aromatic carbocycles. The molecule has 0 radical (unpaired) electrons. The number of halogens is 1. The Balaban J connectivity index is 1.74. The van der Waals surface area contributed by atoms with Gasteiger partial charge in [-0.2, -0.15) is 0 Å². The molecule has 0 saturated carbocycles. The van der Waals surface area contributed by atoms with Gasteiger partial charge in [-0.3, -0.25) is 10.1 Å². The number of nitrogens with one attached hydrogen (secondary N) is 2. The van der Waals surface area contributed by atoms with E-state index in [1.165, 1.54) is 24.3 Å². The molecular weight excluding hydrogens is 379 g/mol. The van der Waals surface area contributed by atoms with Crippen LogP contribution in [0.2, 0.25) is 0 Å². The number of carbonyl (C=O) groups is 3. The third-order valence-corrected chi connectivity index (χ3v) is 3.38. The average molecular weight is 398 g/mol. The maximum atomic E-state index is 13.4. The minimum atomic E-state index is -0.939. The van der Waals surface area contributed by atoms with Gasteiger partial charge in [-0.1, -0.05) is 36.9 Å². The molecule has 3 amide bonds. The third-order valence-electron chi connectivity index (χ3n) is 3.38. The number of amides is 3. The van der Waals surface area contributed by atoms with Crippen LogP contribution in [-0.4, -0.2) is 31.1 Å². The van der Waals surface area contributed by atoms with Gasteiger partial charge in [-0.05, 0) is 35.9 Å². The molecular formula is C21H19FN2O5. The highest BCUT2D eigenvalue weighted by atomic mass is 19.1. The number of anilines is 1. The molecule has 2 aromatic rings. The van der Waals surface area contributed by atoms with E-state index in [0.717, 1.165) is 17.7 Å². The summed E-state index contributed by atoms with van der Waals surface area (Å²) in [6.07, 6.45) is 4.28. The summed E-state index contributed by atoms with van der Waals surface area (Å²) < 4.78 is 23.5. The van der Waals surface area contributed by atoms with E-state index in [-0.39, 0.29) is 5.69 Å². The number of ether oxygens (including phenoxy) is 2. The second kappa shape index (κ2) is 11.0. The van der Waals surface area contributed by atoms with Crippen LogP contribution in [0.4, 0.5) is 14.9 Å². The number of benzene rings is 2. The van der Waals surface area contributed by atoms with Crippen LogP contribution in [-0.2, 0) is 14.3 Å². The van der Waals surface area contributed by atoms with E-state index in [2.05, 4.69) is 11.9 Å². The molecule has 2 rings (SSSR count). The minimum absolute atomic E-state index is 0.0846. The number of para-hydroxylation sites is 1.